The Balaban J connectivity index is 1.53. The molecule has 0 spiro atoms. The number of rotatable bonds is 10. The van der Waals surface area contributed by atoms with E-state index in [0.717, 1.165) is 47.6 Å². The van der Waals surface area contributed by atoms with Crippen LogP contribution in [0.5, 0.6) is 0 Å². The molecule has 3 aromatic rings. The fourth-order valence-electron chi connectivity index (χ4n) is 4.60. The third-order valence-electron chi connectivity index (χ3n) is 6.53. The Hall–Kier alpha value is -3.09. The maximum atomic E-state index is 13.2. The average Bonchev–Trinajstić information content (AvgIpc) is 3.39. The van der Waals surface area contributed by atoms with E-state index in [1.54, 1.807) is 25.4 Å². The van der Waals surface area contributed by atoms with Crippen LogP contribution in [0.25, 0.3) is 10.4 Å². The van der Waals surface area contributed by atoms with Gasteiger partial charge in [0.05, 0.1) is 27.1 Å². The molecule has 1 aliphatic rings. The molecule has 39 heavy (non-hydrogen) atoms. The van der Waals surface area contributed by atoms with Gasteiger partial charge in [-0.15, -0.1) is 16.4 Å². The molecule has 0 atom stereocenters. The van der Waals surface area contributed by atoms with E-state index in [1.165, 1.54) is 11.3 Å². The van der Waals surface area contributed by atoms with E-state index in [2.05, 4.69) is 30.5 Å². The number of hydrogen-bond donors (Lipinski definition) is 3. The first-order chi connectivity index (χ1) is 18.7. The summed E-state index contributed by atoms with van der Waals surface area (Å²) >= 11 is 1.52. The molecule has 2 heterocycles. The number of aromatic nitrogens is 3. The molecule has 1 amide bonds. The van der Waals surface area contributed by atoms with Gasteiger partial charge in [-0.1, -0.05) is 19.9 Å². The lowest BCUT2D eigenvalue weighted by Crippen LogP contribution is -2.38. The summed E-state index contributed by atoms with van der Waals surface area (Å²) in [6.07, 6.45) is 7.23. The highest BCUT2D eigenvalue weighted by Crippen LogP contribution is 2.40. The minimum atomic E-state index is -3.76. The zero-order valence-corrected chi connectivity index (χ0v) is 24.4. The van der Waals surface area contributed by atoms with Gasteiger partial charge >= 0.3 is 6.09 Å². The lowest BCUT2D eigenvalue weighted by Gasteiger charge is -2.28. The second kappa shape index (κ2) is 12.8. The quantitative estimate of drug-likeness (QED) is 0.295. The normalized spacial score (nSPS) is 17.7. The first-order valence-corrected chi connectivity index (χ1v) is 15.6. The van der Waals surface area contributed by atoms with Crippen LogP contribution < -0.4 is 15.4 Å². The third kappa shape index (κ3) is 7.52. The van der Waals surface area contributed by atoms with Gasteiger partial charge in [-0.05, 0) is 69.7 Å². The molecule has 0 radical (unpaired) electrons. The topological polar surface area (TPSA) is 135 Å². The molecular weight excluding hydrogens is 536 g/mol. The number of carbonyl (C=O) groups excluding carboxylic acids is 1. The van der Waals surface area contributed by atoms with Crippen LogP contribution >= 0.6 is 11.3 Å². The number of thiazole rings is 1. The first-order valence-electron chi connectivity index (χ1n) is 13.3. The van der Waals surface area contributed by atoms with E-state index < -0.39 is 10.0 Å². The van der Waals surface area contributed by atoms with Crippen molar-refractivity contribution in [1.29, 1.82) is 0 Å². The molecule has 0 unspecified atom stereocenters. The molecule has 1 aromatic carbocycles. The van der Waals surface area contributed by atoms with Gasteiger partial charge in [0.2, 0.25) is 10.0 Å². The van der Waals surface area contributed by atoms with Gasteiger partial charge in [0.1, 0.15) is 0 Å². The number of alkyl carbamates (subject to hydrolysis) is 1. The van der Waals surface area contributed by atoms with E-state index in [9.17, 15) is 13.2 Å². The molecule has 0 saturated heterocycles. The number of anilines is 2. The zero-order valence-electron chi connectivity index (χ0n) is 22.7. The second-order valence-electron chi connectivity index (χ2n) is 9.85. The highest BCUT2D eigenvalue weighted by atomic mass is 32.2. The van der Waals surface area contributed by atoms with Crippen molar-refractivity contribution in [2.45, 2.75) is 82.8 Å². The van der Waals surface area contributed by atoms with Crippen molar-refractivity contribution in [2.24, 2.45) is 0 Å². The zero-order chi connectivity index (χ0) is 28.0. The molecule has 1 saturated carbocycles. The summed E-state index contributed by atoms with van der Waals surface area (Å²) in [7, 11) is -3.76. The predicted octanol–water partition coefficient (Wildman–Crippen LogP) is 5.37. The van der Waals surface area contributed by atoms with Crippen molar-refractivity contribution in [3.8, 4) is 10.4 Å². The number of hydrogen-bond acceptors (Lipinski definition) is 9. The molecule has 4 rings (SSSR count). The lowest BCUT2D eigenvalue weighted by atomic mass is 9.86. The van der Waals surface area contributed by atoms with E-state index in [1.807, 2.05) is 39.0 Å². The van der Waals surface area contributed by atoms with Crippen molar-refractivity contribution in [1.82, 2.24) is 25.2 Å². The van der Waals surface area contributed by atoms with Gasteiger partial charge in [0.15, 0.2) is 5.82 Å². The number of sulfonamides is 1. The van der Waals surface area contributed by atoms with Gasteiger partial charge in [-0.2, -0.15) is 5.10 Å². The number of carbonyl (C=O) groups is 1. The van der Waals surface area contributed by atoms with Crippen LogP contribution in [-0.2, 0) is 21.2 Å². The Morgan fingerprint density at radius 2 is 1.90 bits per heavy atom. The van der Waals surface area contributed by atoms with Crippen LogP contribution in [0.3, 0.4) is 0 Å². The van der Waals surface area contributed by atoms with Crippen LogP contribution in [0.15, 0.2) is 41.6 Å². The molecule has 210 valence electrons. The average molecular weight is 573 g/mol. The highest BCUT2D eigenvalue weighted by Gasteiger charge is 2.27. The standard InChI is InChI=1S/C27H36N6O4S2/c1-5-18-13-25(33-29-15-18)31-21-11-12-22(24(14-21)39(35,36)30-6-2)23-16-28-26(38-23)19-7-9-20(10-8-19)32-27(34)37-17(3)4/h11-17,19-20,30H,5-10H2,1-4H3,(H,31,33)(H,32,34)/t19-,20-. The SMILES string of the molecule is CCNS(=O)(=O)c1cc(Nc2cc(CC)cnn2)ccc1-c1cnc([C@H]2CC[C@H](NC(=O)OC(C)C)CC2)s1. The van der Waals surface area contributed by atoms with Crippen LogP contribution in [0.4, 0.5) is 16.3 Å². The predicted molar refractivity (Wildman–Crippen MR) is 153 cm³/mol. The van der Waals surface area contributed by atoms with Crippen LogP contribution in [0.1, 0.15) is 69.9 Å². The summed E-state index contributed by atoms with van der Waals surface area (Å²) in [6, 6.07) is 7.26. The van der Waals surface area contributed by atoms with Crippen LogP contribution in [0.2, 0.25) is 0 Å². The number of amides is 1. The van der Waals surface area contributed by atoms with Gasteiger partial charge < -0.3 is 15.4 Å². The molecule has 0 aliphatic heterocycles. The molecule has 2 aromatic heterocycles. The largest absolute Gasteiger partial charge is 0.447 e. The summed E-state index contributed by atoms with van der Waals surface area (Å²) in [4.78, 5) is 17.6. The molecule has 3 N–H and O–H groups in total. The van der Waals surface area contributed by atoms with E-state index in [4.69, 9.17) is 4.74 Å². The van der Waals surface area contributed by atoms with Crippen molar-refractivity contribution in [2.75, 3.05) is 11.9 Å². The smallest absolute Gasteiger partial charge is 0.407 e. The van der Waals surface area contributed by atoms with Crippen molar-refractivity contribution < 1.29 is 17.9 Å². The summed E-state index contributed by atoms with van der Waals surface area (Å²) in [5.41, 5.74) is 2.23. The van der Waals surface area contributed by atoms with Gasteiger partial charge in [0, 0.05) is 36.0 Å². The molecule has 12 heteroatoms. The molecule has 10 nitrogen and oxygen atoms in total. The highest BCUT2D eigenvalue weighted by molar-refractivity contribution is 7.89. The Labute approximate surface area is 234 Å². The maximum absolute atomic E-state index is 13.2. The number of aryl methyl sites for hydroxylation is 1. The second-order valence-corrected chi connectivity index (χ2v) is 12.6. The maximum Gasteiger partial charge on any atom is 0.407 e. The summed E-state index contributed by atoms with van der Waals surface area (Å²) in [5.74, 6) is 0.818. The molecule has 0 bridgehead atoms. The van der Waals surface area contributed by atoms with Crippen LogP contribution in [-0.4, -0.2) is 48.4 Å². The first kappa shape index (κ1) is 28.9. The summed E-state index contributed by atoms with van der Waals surface area (Å²) < 4.78 is 34.2. The number of nitrogens with zero attached hydrogens (tertiary/aromatic N) is 3. The van der Waals surface area contributed by atoms with Crippen molar-refractivity contribution >= 4 is 39.0 Å². The summed E-state index contributed by atoms with van der Waals surface area (Å²) in [5, 5.41) is 15.2. The third-order valence-corrected chi connectivity index (χ3v) is 9.31. The van der Waals surface area contributed by atoms with E-state index in [0.29, 0.717) is 17.1 Å². The lowest BCUT2D eigenvalue weighted by molar-refractivity contribution is 0.109. The van der Waals surface area contributed by atoms with Gasteiger partial charge in [-0.25, -0.2) is 22.9 Å². The van der Waals surface area contributed by atoms with E-state index in [-0.39, 0.29) is 35.6 Å². The Morgan fingerprint density at radius 3 is 2.59 bits per heavy atom. The van der Waals surface area contributed by atoms with Gasteiger partial charge in [0.25, 0.3) is 0 Å². The summed E-state index contributed by atoms with van der Waals surface area (Å²) in [6.45, 7) is 7.72. The van der Waals surface area contributed by atoms with Crippen molar-refractivity contribution in [3.05, 3.63) is 47.2 Å². The number of benzene rings is 1. The molecule has 1 aliphatic carbocycles. The molecule has 1 fully saturated rings. The number of ether oxygens (including phenoxy) is 1. The van der Waals surface area contributed by atoms with E-state index >= 15 is 0 Å². The number of nitrogens with one attached hydrogen (secondary N) is 3. The minimum absolute atomic E-state index is 0.0894. The Morgan fingerprint density at radius 1 is 1.13 bits per heavy atom. The van der Waals surface area contributed by atoms with Crippen molar-refractivity contribution in [3.63, 3.8) is 0 Å². The Kier molecular flexibility index (Phi) is 9.52. The minimum Gasteiger partial charge on any atom is -0.447 e. The monoisotopic (exact) mass is 572 g/mol. The van der Waals surface area contributed by atoms with Crippen LogP contribution in [0, 0.1) is 0 Å². The van der Waals surface area contributed by atoms with Gasteiger partial charge in [-0.3, -0.25) is 0 Å². The Bertz CT molecular complexity index is 1380. The molecular formula is C27H36N6O4S2. The fourth-order valence-corrected chi connectivity index (χ4v) is 7.08. The fraction of sp³-hybridized carbons (Fsp3) is 0.481.